The number of nitrogens with two attached hydrogens (primary N) is 1. The molecule has 0 atom stereocenters. The second kappa shape index (κ2) is 4.98. The smallest absolute Gasteiger partial charge is 0.228 e. The number of aromatic nitrogens is 2. The molecular weight excluding hydrogens is 258 g/mol. The SMILES string of the molecule is CSc1ccc(-c2noc(CC3(N)CCC3)n2)cc1. The largest absolute Gasteiger partial charge is 0.339 e. The lowest BCUT2D eigenvalue weighted by molar-refractivity contribution is 0.222. The fraction of sp³-hybridized carbons (Fsp3) is 0.429. The van der Waals surface area contributed by atoms with E-state index in [1.165, 1.54) is 11.3 Å². The molecular formula is C14H17N3OS. The minimum atomic E-state index is -0.119. The van der Waals surface area contributed by atoms with Crippen molar-refractivity contribution in [3.05, 3.63) is 30.2 Å². The van der Waals surface area contributed by atoms with Crippen molar-refractivity contribution in [2.24, 2.45) is 5.73 Å². The molecule has 5 heteroatoms. The summed E-state index contributed by atoms with van der Waals surface area (Å²) in [5.41, 5.74) is 7.05. The van der Waals surface area contributed by atoms with E-state index in [0.29, 0.717) is 18.1 Å². The second-order valence-electron chi connectivity index (χ2n) is 5.13. The molecule has 1 aromatic heterocycles. The highest BCUT2D eigenvalue weighted by Gasteiger charge is 2.34. The Labute approximate surface area is 116 Å². The van der Waals surface area contributed by atoms with Gasteiger partial charge in [-0.1, -0.05) is 5.16 Å². The van der Waals surface area contributed by atoms with Crippen LogP contribution >= 0.6 is 11.8 Å². The van der Waals surface area contributed by atoms with Gasteiger partial charge in [-0.3, -0.25) is 0 Å². The van der Waals surface area contributed by atoms with Crippen LogP contribution in [0.5, 0.6) is 0 Å². The topological polar surface area (TPSA) is 64.9 Å². The highest BCUT2D eigenvalue weighted by molar-refractivity contribution is 7.98. The second-order valence-corrected chi connectivity index (χ2v) is 6.01. The molecule has 0 aliphatic heterocycles. The molecule has 1 aliphatic carbocycles. The Hall–Kier alpha value is -1.33. The van der Waals surface area contributed by atoms with Crippen LogP contribution in [0.4, 0.5) is 0 Å². The minimum absolute atomic E-state index is 0.119. The molecule has 1 saturated carbocycles. The zero-order valence-corrected chi connectivity index (χ0v) is 11.7. The molecule has 0 unspecified atom stereocenters. The molecule has 0 bridgehead atoms. The Balaban J connectivity index is 1.76. The van der Waals surface area contributed by atoms with Gasteiger partial charge in [0.15, 0.2) is 0 Å². The van der Waals surface area contributed by atoms with Crippen LogP contribution in [-0.4, -0.2) is 21.9 Å². The van der Waals surface area contributed by atoms with Gasteiger partial charge in [0.25, 0.3) is 0 Å². The van der Waals surface area contributed by atoms with E-state index in [4.69, 9.17) is 10.3 Å². The van der Waals surface area contributed by atoms with Crippen molar-refractivity contribution in [1.29, 1.82) is 0 Å². The molecule has 1 aromatic carbocycles. The Kier molecular flexibility index (Phi) is 3.33. The van der Waals surface area contributed by atoms with Crippen molar-refractivity contribution in [2.45, 2.75) is 36.1 Å². The van der Waals surface area contributed by atoms with Crippen LogP contribution in [0.2, 0.25) is 0 Å². The number of hydrogen-bond donors (Lipinski definition) is 1. The van der Waals surface area contributed by atoms with Gasteiger partial charge in [-0.25, -0.2) is 0 Å². The maximum Gasteiger partial charge on any atom is 0.228 e. The normalized spacial score (nSPS) is 17.2. The summed E-state index contributed by atoms with van der Waals surface area (Å²) < 4.78 is 5.30. The summed E-state index contributed by atoms with van der Waals surface area (Å²) in [6.07, 6.45) is 6.04. The Morgan fingerprint density at radius 1 is 1.32 bits per heavy atom. The molecule has 4 nitrogen and oxygen atoms in total. The molecule has 19 heavy (non-hydrogen) atoms. The molecule has 2 N–H and O–H groups in total. The van der Waals surface area contributed by atoms with Crippen LogP contribution in [-0.2, 0) is 6.42 Å². The third kappa shape index (κ3) is 2.67. The predicted octanol–water partition coefficient (Wildman–Crippen LogP) is 2.88. The van der Waals surface area contributed by atoms with E-state index in [2.05, 4.69) is 28.5 Å². The molecule has 2 aromatic rings. The highest BCUT2D eigenvalue weighted by Crippen LogP contribution is 2.32. The van der Waals surface area contributed by atoms with Gasteiger partial charge in [0.1, 0.15) is 0 Å². The molecule has 0 radical (unpaired) electrons. The third-order valence-electron chi connectivity index (χ3n) is 3.67. The van der Waals surface area contributed by atoms with E-state index >= 15 is 0 Å². The van der Waals surface area contributed by atoms with Crippen molar-refractivity contribution in [3.8, 4) is 11.4 Å². The first kappa shape index (κ1) is 12.7. The average molecular weight is 275 g/mol. The summed E-state index contributed by atoms with van der Waals surface area (Å²) >= 11 is 1.72. The lowest BCUT2D eigenvalue weighted by Gasteiger charge is -2.36. The van der Waals surface area contributed by atoms with Crippen LogP contribution in [0.1, 0.15) is 25.2 Å². The average Bonchev–Trinajstić information content (AvgIpc) is 2.85. The standard InChI is InChI=1S/C14H17N3OS/c1-19-11-5-3-10(4-6-11)13-16-12(18-17-13)9-14(15)7-2-8-14/h3-6H,2,7-9,15H2,1H3. The molecule has 0 amide bonds. The van der Waals surface area contributed by atoms with Gasteiger partial charge in [0.2, 0.25) is 11.7 Å². The van der Waals surface area contributed by atoms with Gasteiger partial charge in [-0.15, -0.1) is 11.8 Å². The van der Waals surface area contributed by atoms with Gasteiger partial charge < -0.3 is 10.3 Å². The Morgan fingerprint density at radius 2 is 2.05 bits per heavy atom. The van der Waals surface area contributed by atoms with Gasteiger partial charge in [0.05, 0.1) is 0 Å². The van der Waals surface area contributed by atoms with Gasteiger partial charge in [-0.05, 0) is 49.8 Å². The highest BCUT2D eigenvalue weighted by atomic mass is 32.2. The Morgan fingerprint density at radius 3 is 2.63 bits per heavy atom. The lowest BCUT2D eigenvalue weighted by atomic mass is 9.75. The van der Waals surface area contributed by atoms with E-state index in [-0.39, 0.29) is 5.54 Å². The summed E-state index contributed by atoms with van der Waals surface area (Å²) in [4.78, 5) is 5.66. The number of nitrogens with zero attached hydrogens (tertiary/aromatic N) is 2. The van der Waals surface area contributed by atoms with E-state index < -0.39 is 0 Å². The maximum absolute atomic E-state index is 6.19. The van der Waals surface area contributed by atoms with E-state index in [9.17, 15) is 0 Å². The Bertz CT molecular complexity index is 560. The summed E-state index contributed by atoms with van der Waals surface area (Å²) in [5, 5.41) is 4.04. The first-order valence-electron chi connectivity index (χ1n) is 6.44. The van der Waals surface area contributed by atoms with Crippen molar-refractivity contribution in [1.82, 2.24) is 10.1 Å². The van der Waals surface area contributed by atoms with E-state index in [1.54, 1.807) is 11.8 Å². The summed E-state index contributed by atoms with van der Waals surface area (Å²) in [7, 11) is 0. The summed E-state index contributed by atoms with van der Waals surface area (Å²) in [6, 6.07) is 8.16. The summed E-state index contributed by atoms with van der Waals surface area (Å²) in [5.74, 6) is 1.29. The van der Waals surface area contributed by atoms with Crippen molar-refractivity contribution in [3.63, 3.8) is 0 Å². The molecule has 1 fully saturated rings. The van der Waals surface area contributed by atoms with Crippen molar-refractivity contribution in [2.75, 3.05) is 6.26 Å². The number of thioether (sulfide) groups is 1. The van der Waals surface area contributed by atoms with Crippen LogP contribution in [0.25, 0.3) is 11.4 Å². The zero-order valence-electron chi connectivity index (χ0n) is 10.9. The van der Waals surface area contributed by atoms with Gasteiger partial charge in [0, 0.05) is 22.4 Å². The van der Waals surface area contributed by atoms with Crippen molar-refractivity contribution < 1.29 is 4.52 Å². The van der Waals surface area contributed by atoms with Crippen LogP contribution in [0.15, 0.2) is 33.7 Å². The quantitative estimate of drug-likeness (QED) is 0.869. The molecule has 3 rings (SSSR count). The molecule has 1 heterocycles. The molecule has 100 valence electrons. The van der Waals surface area contributed by atoms with Crippen LogP contribution < -0.4 is 5.73 Å². The summed E-state index contributed by atoms with van der Waals surface area (Å²) in [6.45, 7) is 0. The van der Waals surface area contributed by atoms with Crippen molar-refractivity contribution >= 4 is 11.8 Å². The predicted molar refractivity (Wildman–Crippen MR) is 76.0 cm³/mol. The number of hydrogen-bond acceptors (Lipinski definition) is 5. The molecule has 1 aliphatic rings. The van der Waals surface area contributed by atoms with Gasteiger partial charge in [-0.2, -0.15) is 4.98 Å². The number of benzene rings is 1. The van der Waals surface area contributed by atoms with Gasteiger partial charge >= 0.3 is 0 Å². The zero-order chi connectivity index (χ0) is 13.3. The molecule has 0 saturated heterocycles. The lowest BCUT2D eigenvalue weighted by Crippen LogP contribution is -2.48. The molecule has 0 spiro atoms. The fourth-order valence-electron chi connectivity index (χ4n) is 2.29. The van der Waals surface area contributed by atoms with E-state index in [0.717, 1.165) is 18.4 Å². The van der Waals surface area contributed by atoms with E-state index in [1.807, 2.05) is 12.1 Å². The maximum atomic E-state index is 6.19. The monoisotopic (exact) mass is 275 g/mol. The minimum Gasteiger partial charge on any atom is -0.339 e. The first-order chi connectivity index (χ1) is 9.18. The van der Waals surface area contributed by atoms with Crippen LogP contribution in [0, 0.1) is 0 Å². The number of rotatable bonds is 4. The fourth-order valence-corrected chi connectivity index (χ4v) is 2.70. The third-order valence-corrected chi connectivity index (χ3v) is 4.41. The van der Waals surface area contributed by atoms with Crippen LogP contribution in [0.3, 0.4) is 0 Å². The first-order valence-corrected chi connectivity index (χ1v) is 7.67.